The minimum atomic E-state index is 0.280. The highest BCUT2D eigenvalue weighted by molar-refractivity contribution is 14.1. The van der Waals surface area contributed by atoms with E-state index in [1.54, 1.807) is 0 Å². The van der Waals surface area contributed by atoms with Crippen molar-refractivity contribution in [2.45, 2.75) is 37.4 Å². The zero-order valence-corrected chi connectivity index (χ0v) is 10.4. The lowest BCUT2D eigenvalue weighted by molar-refractivity contribution is -0.0660. The summed E-state index contributed by atoms with van der Waals surface area (Å²) in [5.74, 6) is 0. The van der Waals surface area contributed by atoms with Crippen molar-refractivity contribution in [2.24, 2.45) is 0 Å². The molecule has 0 aliphatic carbocycles. The molecule has 2 fully saturated rings. The maximum atomic E-state index is 6.15. The summed E-state index contributed by atoms with van der Waals surface area (Å²) in [4.78, 5) is 2.41. The van der Waals surface area contributed by atoms with Crippen LogP contribution in [0.1, 0.15) is 25.7 Å². The minimum Gasteiger partial charge on any atom is -0.371 e. The molecule has 2 aliphatic rings. The molecule has 0 amide bonds. The molecule has 0 aromatic carbocycles. The molecule has 1 unspecified atom stereocenters. The third-order valence-electron chi connectivity index (χ3n) is 3.41. The van der Waals surface area contributed by atoms with Crippen LogP contribution in [0.25, 0.3) is 0 Å². The van der Waals surface area contributed by atoms with E-state index in [2.05, 4.69) is 34.5 Å². The molecule has 3 heteroatoms. The van der Waals surface area contributed by atoms with Crippen LogP contribution in [0, 0.1) is 0 Å². The maximum Gasteiger partial charge on any atom is 0.0712 e. The average molecular weight is 295 g/mol. The lowest BCUT2D eigenvalue weighted by Gasteiger charge is -2.37. The number of halogens is 1. The summed E-state index contributed by atoms with van der Waals surface area (Å²) in [7, 11) is 2.21. The number of piperidine rings is 1. The van der Waals surface area contributed by atoms with Crippen LogP contribution in [0.2, 0.25) is 0 Å². The first-order valence-corrected chi connectivity index (χ1v) is 6.69. The third-order valence-corrected chi connectivity index (χ3v) is 4.39. The molecule has 0 N–H and O–H groups in total. The Morgan fingerprint density at radius 2 is 2.08 bits per heavy atom. The quantitative estimate of drug-likeness (QED) is 0.542. The molecule has 2 heterocycles. The van der Waals surface area contributed by atoms with Crippen LogP contribution in [-0.4, -0.2) is 41.2 Å². The van der Waals surface area contributed by atoms with Gasteiger partial charge in [0.1, 0.15) is 0 Å². The first-order chi connectivity index (χ1) is 6.24. The van der Waals surface area contributed by atoms with E-state index in [4.69, 9.17) is 4.74 Å². The second kappa shape index (κ2) is 4.03. The normalized spacial score (nSPS) is 34.2. The topological polar surface area (TPSA) is 12.5 Å². The number of nitrogens with zero attached hydrogens (tertiary/aromatic N) is 1. The van der Waals surface area contributed by atoms with E-state index in [1.165, 1.54) is 38.8 Å². The Hall–Kier alpha value is 0.650. The molecule has 0 radical (unpaired) electrons. The van der Waals surface area contributed by atoms with Gasteiger partial charge in [-0.15, -0.1) is 0 Å². The largest absolute Gasteiger partial charge is 0.371 e. The summed E-state index contributed by atoms with van der Waals surface area (Å²) in [6.45, 7) is 2.43. The fourth-order valence-electron chi connectivity index (χ4n) is 2.40. The van der Waals surface area contributed by atoms with E-state index in [-0.39, 0.29) is 5.60 Å². The van der Waals surface area contributed by atoms with Gasteiger partial charge in [0.25, 0.3) is 0 Å². The van der Waals surface area contributed by atoms with Crippen molar-refractivity contribution in [1.82, 2.24) is 4.90 Å². The fourth-order valence-corrected chi connectivity index (χ4v) is 3.02. The number of alkyl halides is 1. The van der Waals surface area contributed by atoms with Crippen molar-refractivity contribution >= 4 is 22.6 Å². The van der Waals surface area contributed by atoms with E-state index in [1.807, 2.05) is 0 Å². The Morgan fingerprint density at radius 1 is 1.38 bits per heavy atom. The minimum absolute atomic E-state index is 0.280. The fraction of sp³-hybridized carbons (Fsp3) is 1.00. The van der Waals surface area contributed by atoms with E-state index < -0.39 is 0 Å². The highest BCUT2D eigenvalue weighted by atomic mass is 127. The summed E-state index contributed by atoms with van der Waals surface area (Å²) in [5, 5.41) is 0. The highest BCUT2D eigenvalue weighted by Crippen LogP contribution is 2.38. The SMILES string of the molecule is CN1CCC2(CCC(CI)O2)CC1. The number of hydrogen-bond donors (Lipinski definition) is 0. The maximum absolute atomic E-state index is 6.15. The molecular weight excluding hydrogens is 277 g/mol. The predicted octanol–water partition coefficient (Wildman–Crippen LogP) is 2.06. The Morgan fingerprint density at radius 3 is 2.62 bits per heavy atom. The molecule has 0 aromatic heterocycles. The van der Waals surface area contributed by atoms with Gasteiger partial charge in [-0.05, 0) is 32.7 Å². The van der Waals surface area contributed by atoms with Crippen molar-refractivity contribution in [3.8, 4) is 0 Å². The number of rotatable bonds is 1. The second-order valence-corrected chi connectivity index (χ2v) is 5.30. The van der Waals surface area contributed by atoms with Crippen LogP contribution in [-0.2, 0) is 4.74 Å². The summed E-state index contributed by atoms with van der Waals surface area (Å²) < 4.78 is 7.32. The van der Waals surface area contributed by atoms with E-state index >= 15 is 0 Å². The molecule has 2 saturated heterocycles. The molecular formula is C10H18INO. The van der Waals surface area contributed by atoms with Crippen molar-refractivity contribution in [3.05, 3.63) is 0 Å². The lowest BCUT2D eigenvalue weighted by atomic mass is 9.89. The molecule has 0 saturated carbocycles. The lowest BCUT2D eigenvalue weighted by Crippen LogP contribution is -2.42. The predicted molar refractivity (Wildman–Crippen MR) is 62.5 cm³/mol. The molecule has 2 nitrogen and oxygen atoms in total. The summed E-state index contributed by atoms with van der Waals surface area (Å²) in [5.41, 5.74) is 0.280. The van der Waals surface area contributed by atoms with Crippen LogP contribution in [0.15, 0.2) is 0 Å². The molecule has 2 rings (SSSR count). The van der Waals surface area contributed by atoms with Gasteiger partial charge in [-0.25, -0.2) is 0 Å². The number of ether oxygens (including phenoxy) is 1. The Balaban J connectivity index is 1.92. The Bertz CT molecular complexity index is 178. The van der Waals surface area contributed by atoms with Gasteiger partial charge < -0.3 is 9.64 Å². The van der Waals surface area contributed by atoms with Crippen LogP contribution in [0.3, 0.4) is 0 Å². The van der Waals surface area contributed by atoms with Gasteiger partial charge in [0.15, 0.2) is 0 Å². The van der Waals surface area contributed by atoms with Crippen LogP contribution >= 0.6 is 22.6 Å². The molecule has 76 valence electrons. The first-order valence-electron chi connectivity index (χ1n) is 5.16. The van der Waals surface area contributed by atoms with E-state index in [0.717, 1.165) is 4.43 Å². The molecule has 0 aromatic rings. The first kappa shape index (κ1) is 10.2. The highest BCUT2D eigenvalue weighted by Gasteiger charge is 2.41. The monoisotopic (exact) mass is 295 g/mol. The van der Waals surface area contributed by atoms with Crippen LogP contribution < -0.4 is 0 Å². The molecule has 13 heavy (non-hydrogen) atoms. The molecule has 1 atom stereocenters. The van der Waals surface area contributed by atoms with Crippen LogP contribution in [0.4, 0.5) is 0 Å². The van der Waals surface area contributed by atoms with E-state index in [0.29, 0.717) is 6.10 Å². The third kappa shape index (κ3) is 2.18. The number of hydrogen-bond acceptors (Lipinski definition) is 2. The van der Waals surface area contributed by atoms with Gasteiger partial charge in [0, 0.05) is 17.5 Å². The van der Waals surface area contributed by atoms with Gasteiger partial charge in [-0.2, -0.15) is 0 Å². The number of likely N-dealkylation sites (tertiary alicyclic amines) is 1. The Kier molecular flexibility index (Phi) is 3.15. The Labute approximate surface area is 94.1 Å². The molecule has 1 spiro atoms. The van der Waals surface area contributed by atoms with Gasteiger partial charge >= 0.3 is 0 Å². The van der Waals surface area contributed by atoms with Crippen molar-refractivity contribution in [1.29, 1.82) is 0 Å². The summed E-state index contributed by atoms with van der Waals surface area (Å²) >= 11 is 2.44. The molecule has 0 bridgehead atoms. The smallest absolute Gasteiger partial charge is 0.0712 e. The zero-order valence-electron chi connectivity index (χ0n) is 8.26. The van der Waals surface area contributed by atoms with Gasteiger partial charge in [0.05, 0.1) is 11.7 Å². The van der Waals surface area contributed by atoms with Crippen LogP contribution in [0.5, 0.6) is 0 Å². The summed E-state index contributed by atoms with van der Waals surface area (Å²) in [6.07, 6.45) is 5.62. The molecule has 2 aliphatic heterocycles. The van der Waals surface area contributed by atoms with Gasteiger partial charge in [-0.3, -0.25) is 0 Å². The van der Waals surface area contributed by atoms with Crippen molar-refractivity contribution < 1.29 is 4.74 Å². The zero-order chi connectivity index (χ0) is 9.31. The standard InChI is InChI=1S/C10H18INO/c1-12-6-4-10(5-7-12)3-2-9(8-11)13-10/h9H,2-8H2,1H3. The van der Waals surface area contributed by atoms with E-state index in [9.17, 15) is 0 Å². The second-order valence-electron chi connectivity index (χ2n) is 4.42. The van der Waals surface area contributed by atoms with Gasteiger partial charge in [0.2, 0.25) is 0 Å². The average Bonchev–Trinajstić information content (AvgIpc) is 2.55. The van der Waals surface area contributed by atoms with Gasteiger partial charge in [-0.1, -0.05) is 22.6 Å². The summed E-state index contributed by atoms with van der Waals surface area (Å²) in [6, 6.07) is 0. The van der Waals surface area contributed by atoms with Crippen molar-refractivity contribution in [2.75, 3.05) is 24.6 Å². The van der Waals surface area contributed by atoms with Crippen molar-refractivity contribution in [3.63, 3.8) is 0 Å².